The van der Waals surface area contributed by atoms with Crippen LogP contribution in [0.15, 0.2) is 30.3 Å². The van der Waals surface area contributed by atoms with Crippen molar-refractivity contribution in [1.29, 1.82) is 0 Å². The summed E-state index contributed by atoms with van der Waals surface area (Å²) in [6, 6.07) is 7.87. The van der Waals surface area contributed by atoms with Crippen molar-refractivity contribution in [1.82, 2.24) is 5.32 Å². The molecular formula is C14H17NO3. The molecule has 1 saturated carbocycles. The molecule has 1 amide bonds. The number of methoxy groups -OCH3 is 1. The lowest BCUT2D eigenvalue weighted by Gasteiger charge is -2.04. The maximum Gasteiger partial charge on any atom is 0.244 e. The summed E-state index contributed by atoms with van der Waals surface area (Å²) in [7, 11) is 1.58. The minimum Gasteiger partial charge on any atom is -0.468 e. The predicted molar refractivity (Wildman–Crippen MR) is 69.1 cm³/mol. The van der Waals surface area contributed by atoms with E-state index in [4.69, 9.17) is 9.47 Å². The van der Waals surface area contributed by atoms with E-state index in [-0.39, 0.29) is 12.7 Å². The van der Waals surface area contributed by atoms with Gasteiger partial charge in [0.2, 0.25) is 5.91 Å². The number of hydrogen-bond acceptors (Lipinski definition) is 3. The van der Waals surface area contributed by atoms with Crippen molar-refractivity contribution in [2.24, 2.45) is 0 Å². The number of ether oxygens (including phenoxy) is 2. The first-order valence-corrected chi connectivity index (χ1v) is 5.98. The van der Waals surface area contributed by atoms with Crippen molar-refractivity contribution < 1.29 is 14.3 Å². The molecule has 0 radical (unpaired) electrons. The minimum absolute atomic E-state index is 0.0304. The lowest BCUT2D eigenvalue weighted by molar-refractivity contribution is -0.116. The van der Waals surface area contributed by atoms with Gasteiger partial charge in [0.25, 0.3) is 0 Å². The fraction of sp³-hybridized carbons (Fsp3) is 0.357. The number of carbonyl (C=O) groups is 1. The predicted octanol–water partition coefficient (Wildman–Crippen LogP) is 1.96. The van der Waals surface area contributed by atoms with Crippen LogP contribution in [-0.4, -0.2) is 25.9 Å². The molecule has 0 aromatic heterocycles. The Morgan fingerprint density at radius 2 is 2.11 bits per heavy atom. The van der Waals surface area contributed by atoms with Gasteiger partial charge in [0.1, 0.15) is 5.75 Å². The average molecular weight is 247 g/mol. The molecule has 0 saturated heterocycles. The largest absolute Gasteiger partial charge is 0.468 e. The van der Waals surface area contributed by atoms with Gasteiger partial charge in [-0.1, -0.05) is 12.1 Å². The highest BCUT2D eigenvalue weighted by Gasteiger charge is 2.21. The van der Waals surface area contributed by atoms with Gasteiger partial charge >= 0.3 is 0 Å². The van der Waals surface area contributed by atoms with Gasteiger partial charge in [0.05, 0.1) is 0 Å². The summed E-state index contributed by atoms with van der Waals surface area (Å²) in [5, 5.41) is 2.90. The zero-order valence-corrected chi connectivity index (χ0v) is 10.4. The standard InChI is InChI=1S/C14H17NO3/c1-17-10-18-13-7-2-11(3-8-13)4-9-14(16)15-12-5-6-12/h2-4,7-9,12H,5-6,10H2,1H3,(H,15,16)/b9-4+. The van der Waals surface area contributed by atoms with E-state index in [0.717, 1.165) is 24.2 Å². The van der Waals surface area contributed by atoms with Crippen LogP contribution in [0.4, 0.5) is 0 Å². The second kappa shape index (κ2) is 6.21. The summed E-state index contributed by atoms with van der Waals surface area (Å²) in [4.78, 5) is 11.4. The SMILES string of the molecule is COCOc1ccc(/C=C/C(=O)NC2CC2)cc1. The molecule has 18 heavy (non-hydrogen) atoms. The van der Waals surface area contributed by atoms with Gasteiger partial charge in [-0.3, -0.25) is 4.79 Å². The maximum absolute atomic E-state index is 11.4. The zero-order chi connectivity index (χ0) is 12.8. The molecule has 1 N–H and O–H groups in total. The van der Waals surface area contributed by atoms with Crippen LogP contribution in [0.5, 0.6) is 5.75 Å². The quantitative estimate of drug-likeness (QED) is 0.617. The molecule has 1 aromatic rings. The molecule has 0 bridgehead atoms. The van der Waals surface area contributed by atoms with Gasteiger partial charge in [-0.05, 0) is 36.6 Å². The molecule has 0 heterocycles. The van der Waals surface area contributed by atoms with Crippen molar-refractivity contribution in [3.05, 3.63) is 35.9 Å². The Balaban J connectivity index is 1.84. The van der Waals surface area contributed by atoms with E-state index in [1.165, 1.54) is 0 Å². The second-order valence-corrected chi connectivity index (χ2v) is 4.24. The molecule has 1 aromatic carbocycles. The first kappa shape index (κ1) is 12.6. The monoisotopic (exact) mass is 247 g/mol. The van der Waals surface area contributed by atoms with Crippen LogP contribution in [0.1, 0.15) is 18.4 Å². The number of nitrogens with one attached hydrogen (secondary N) is 1. The van der Waals surface area contributed by atoms with Gasteiger partial charge in [-0.25, -0.2) is 0 Å². The smallest absolute Gasteiger partial charge is 0.244 e. The molecule has 4 nitrogen and oxygen atoms in total. The third-order valence-electron chi connectivity index (χ3n) is 2.57. The molecule has 0 unspecified atom stereocenters. The lowest BCUT2D eigenvalue weighted by atomic mass is 10.2. The average Bonchev–Trinajstić information content (AvgIpc) is 3.19. The molecule has 1 fully saturated rings. The molecule has 1 aliphatic carbocycles. The Morgan fingerprint density at radius 1 is 1.39 bits per heavy atom. The van der Waals surface area contributed by atoms with E-state index in [1.807, 2.05) is 24.3 Å². The minimum atomic E-state index is -0.0304. The molecule has 0 aliphatic heterocycles. The van der Waals surface area contributed by atoms with Gasteiger partial charge < -0.3 is 14.8 Å². The number of benzene rings is 1. The highest BCUT2D eigenvalue weighted by atomic mass is 16.7. The molecule has 96 valence electrons. The summed E-state index contributed by atoms with van der Waals surface area (Å²) in [6.07, 6.45) is 5.55. The molecule has 4 heteroatoms. The van der Waals surface area contributed by atoms with Gasteiger partial charge in [0, 0.05) is 19.2 Å². The van der Waals surface area contributed by atoms with Crippen LogP contribution in [-0.2, 0) is 9.53 Å². The molecule has 0 atom stereocenters. The van der Waals surface area contributed by atoms with Crippen molar-refractivity contribution in [3.8, 4) is 5.75 Å². The van der Waals surface area contributed by atoms with Crippen LogP contribution in [0.3, 0.4) is 0 Å². The summed E-state index contributed by atoms with van der Waals surface area (Å²) in [5.74, 6) is 0.716. The van der Waals surface area contributed by atoms with Gasteiger partial charge in [-0.15, -0.1) is 0 Å². The molecule has 0 spiro atoms. The van der Waals surface area contributed by atoms with Crippen LogP contribution in [0.2, 0.25) is 0 Å². The number of rotatable bonds is 6. The summed E-state index contributed by atoms with van der Waals surface area (Å²) >= 11 is 0. The highest BCUT2D eigenvalue weighted by molar-refractivity contribution is 5.92. The number of amides is 1. The van der Waals surface area contributed by atoms with E-state index < -0.39 is 0 Å². The number of hydrogen-bond donors (Lipinski definition) is 1. The van der Waals surface area contributed by atoms with Crippen LogP contribution in [0, 0.1) is 0 Å². The molecule has 2 rings (SSSR count). The summed E-state index contributed by atoms with van der Waals surface area (Å²) in [6.45, 7) is 0.235. The van der Waals surface area contributed by atoms with E-state index in [0.29, 0.717) is 6.04 Å². The maximum atomic E-state index is 11.4. The third-order valence-corrected chi connectivity index (χ3v) is 2.57. The normalized spacial score (nSPS) is 14.7. The highest BCUT2D eigenvalue weighted by Crippen LogP contribution is 2.18. The first-order valence-electron chi connectivity index (χ1n) is 5.98. The fourth-order valence-electron chi connectivity index (χ4n) is 1.45. The summed E-state index contributed by atoms with van der Waals surface area (Å²) < 4.78 is 10.1. The zero-order valence-electron chi connectivity index (χ0n) is 10.4. The van der Waals surface area contributed by atoms with E-state index in [1.54, 1.807) is 19.3 Å². The van der Waals surface area contributed by atoms with E-state index >= 15 is 0 Å². The summed E-state index contributed by atoms with van der Waals surface area (Å²) in [5.41, 5.74) is 0.964. The number of carbonyl (C=O) groups excluding carboxylic acids is 1. The van der Waals surface area contributed by atoms with Crippen LogP contribution >= 0.6 is 0 Å². The van der Waals surface area contributed by atoms with E-state index in [9.17, 15) is 4.79 Å². The van der Waals surface area contributed by atoms with Crippen molar-refractivity contribution in [2.45, 2.75) is 18.9 Å². The van der Waals surface area contributed by atoms with Crippen molar-refractivity contribution >= 4 is 12.0 Å². The Labute approximate surface area is 107 Å². The Bertz CT molecular complexity index is 421. The second-order valence-electron chi connectivity index (χ2n) is 4.24. The topological polar surface area (TPSA) is 47.6 Å². The van der Waals surface area contributed by atoms with Crippen LogP contribution < -0.4 is 10.1 Å². The molecular weight excluding hydrogens is 230 g/mol. The first-order chi connectivity index (χ1) is 8.78. The van der Waals surface area contributed by atoms with E-state index in [2.05, 4.69) is 5.32 Å². The van der Waals surface area contributed by atoms with Crippen molar-refractivity contribution in [3.63, 3.8) is 0 Å². The lowest BCUT2D eigenvalue weighted by Crippen LogP contribution is -2.22. The van der Waals surface area contributed by atoms with Gasteiger partial charge in [-0.2, -0.15) is 0 Å². The Kier molecular flexibility index (Phi) is 4.36. The Hall–Kier alpha value is -1.81. The van der Waals surface area contributed by atoms with Crippen LogP contribution in [0.25, 0.3) is 6.08 Å². The fourth-order valence-corrected chi connectivity index (χ4v) is 1.45. The molecule has 1 aliphatic rings. The Morgan fingerprint density at radius 3 is 2.72 bits per heavy atom. The van der Waals surface area contributed by atoms with Crippen molar-refractivity contribution in [2.75, 3.05) is 13.9 Å². The third kappa shape index (κ3) is 4.22. The van der Waals surface area contributed by atoms with Gasteiger partial charge in [0.15, 0.2) is 6.79 Å².